The predicted octanol–water partition coefficient (Wildman–Crippen LogP) is 0.820. The maximum atomic E-state index is 11.7. The summed E-state index contributed by atoms with van der Waals surface area (Å²) in [5.41, 5.74) is 1.33. The van der Waals surface area contributed by atoms with E-state index in [0.29, 0.717) is 19.6 Å². The molecule has 2 rings (SSSR count). The minimum atomic E-state index is -3.01. The van der Waals surface area contributed by atoms with Gasteiger partial charge in [-0.15, -0.1) is 0 Å². The summed E-state index contributed by atoms with van der Waals surface area (Å²) in [5.74, 6) is 0.995. The van der Waals surface area contributed by atoms with Crippen LogP contribution in [0, 0.1) is 0 Å². The standard InChI is InChI=1S/C16H26N4O2S/c1-17-16(18-10-5-9-15-7-3-2-4-8-15)19-11-13-20-12-6-14-23(20,21)22/h2-4,7-8H,5-6,9-14H2,1H3,(H2,17,18,19). The molecule has 0 amide bonds. The van der Waals surface area contributed by atoms with E-state index in [1.54, 1.807) is 11.4 Å². The number of nitrogens with zero attached hydrogens (tertiary/aromatic N) is 2. The quantitative estimate of drug-likeness (QED) is 0.439. The number of sulfonamides is 1. The molecule has 0 saturated carbocycles. The second-order valence-corrected chi connectivity index (χ2v) is 7.67. The van der Waals surface area contributed by atoms with Gasteiger partial charge in [0.15, 0.2) is 5.96 Å². The SMILES string of the molecule is CN=C(NCCCc1ccccc1)NCCN1CCCS1(=O)=O. The largest absolute Gasteiger partial charge is 0.356 e. The molecule has 128 valence electrons. The van der Waals surface area contributed by atoms with E-state index in [4.69, 9.17) is 0 Å². The topological polar surface area (TPSA) is 73.8 Å². The van der Waals surface area contributed by atoms with Crippen LogP contribution in [0.4, 0.5) is 0 Å². The van der Waals surface area contributed by atoms with Crippen molar-refractivity contribution in [3.8, 4) is 0 Å². The number of aryl methyl sites for hydroxylation is 1. The van der Waals surface area contributed by atoms with E-state index in [0.717, 1.165) is 31.8 Å². The first-order valence-corrected chi connectivity index (χ1v) is 9.69. The fraction of sp³-hybridized carbons (Fsp3) is 0.562. The van der Waals surface area contributed by atoms with E-state index in [1.807, 2.05) is 6.07 Å². The molecule has 1 aliphatic heterocycles. The third-order valence-corrected chi connectivity index (χ3v) is 5.81. The number of hydrogen-bond donors (Lipinski definition) is 2. The van der Waals surface area contributed by atoms with E-state index in [2.05, 4.69) is 39.9 Å². The maximum Gasteiger partial charge on any atom is 0.214 e. The van der Waals surface area contributed by atoms with Gasteiger partial charge in [0.25, 0.3) is 0 Å². The lowest BCUT2D eigenvalue weighted by Gasteiger charge is -2.16. The summed E-state index contributed by atoms with van der Waals surface area (Å²) in [4.78, 5) is 4.16. The van der Waals surface area contributed by atoms with Crippen LogP contribution in [0.25, 0.3) is 0 Å². The van der Waals surface area contributed by atoms with Gasteiger partial charge in [-0.25, -0.2) is 12.7 Å². The monoisotopic (exact) mass is 338 g/mol. The maximum absolute atomic E-state index is 11.7. The van der Waals surface area contributed by atoms with Gasteiger partial charge in [-0.2, -0.15) is 0 Å². The lowest BCUT2D eigenvalue weighted by Crippen LogP contribution is -2.42. The Morgan fingerprint density at radius 3 is 2.61 bits per heavy atom. The Kier molecular flexibility index (Phi) is 6.85. The molecule has 0 unspecified atom stereocenters. The zero-order chi connectivity index (χ0) is 16.5. The van der Waals surface area contributed by atoms with E-state index < -0.39 is 10.0 Å². The van der Waals surface area contributed by atoms with Crippen LogP contribution in [-0.4, -0.2) is 57.7 Å². The molecule has 0 aliphatic carbocycles. The number of rotatable bonds is 7. The molecule has 0 bridgehead atoms. The van der Waals surface area contributed by atoms with Crippen molar-refractivity contribution in [2.24, 2.45) is 4.99 Å². The molecule has 23 heavy (non-hydrogen) atoms. The normalized spacial score (nSPS) is 18.0. The number of aliphatic imine (C=N–C) groups is 1. The minimum absolute atomic E-state index is 0.277. The van der Waals surface area contributed by atoms with Crippen molar-refractivity contribution >= 4 is 16.0 Å². The highest BCUT2D eigenvalue weighted by molar-refractivity contribution is 7.89. The highest BCUT2D eigenvalue weighted by Crippen LogP contribution is 2.11. The molecule has 0 atom stereocenters. The van der Waals surface area contributed by atoms with Crippen molar-refractivity contribution in [1.82, 2.24) is 14.9 Å². The fourth-order valence-corrected chi connectivity index (χ4v) is 4.13. The van der Waals surface area contributed by atoms with Crippen molar-refractivity contribution in [3.63, 3.8) is 0 Å². The van der Waals surface area contributed by atoms with Gasteiger partial charge in [-0.05, 0) is 24.8 Å². The van der Waals surface area contributed by atoms with Crippen LogP contribution in [0.5, 0.6) is 0 Å². The fourth-order valence-electron chi connectivity index (χ4n) is 2.61. The third-order valence-electron chi connectivity index (χ3n) is 3.86. The first-order chi connectivity index (χ1) is 11.1. The first kappa shape index (κ1) is 17.7. The van der Waals surface area contributed by atoms with Crippen LogP contribution in [0.3, 0.4) is 0 Å². The molecule has 7 heteroatoms. The summed E-state index contributed by atoms with van der Waals surface area (Å²) in [7, 11) is -1.29. The Morgan fingerprint density at radius 1 is 1.22 bits per heavy atom. The summed E-state index contributed by atoms with van der Waals surface area (Å²) in [6.07, 6.45) is 2.77. The van der Waals surface area contributed by atoms with Gasteiger partial charge >= 0.3 is 0 Å². The Bertz CT molecular complexity index is 602. The van der Waals surface area contributed by atoms with Crippen LogP contribution >= 0.6 is 0 Å². The Hall–Kier alpha value is -1.60. The highest BCUT2D eigenvalue weighted by Gasteiger charge is 2.27. The average Bonchev–Trinajstić information content (AvgIpc) is 2.89. The average molecular weight is 338 g/mol. The molecule has 0 spiro atoms. The molecule has 6 nitrogen and oxygen atoms in total. The summed E-state index contributed by atoms with van der Waals surface area (Å²) >= 11 is 0. The van der Waals surface area contributed by atoms with Crippen molar-refractivity contribution in [1.29, 1.82) is 0 Å². The highest BCUT2D eigenvalue weighted by atomic mass is 32.2. The zero-order valence-electron chi connectivity index (χ0n) is 13.7. The first-order valence-electron chi connectivity index (χ1n) is 8.08. The molecular weight excluding hydrogens is 312 g/mol. The van der Waals surface area contributed by atoms with Gasteiger partial charge in [0.05, 0.1) is 5.75 Å². The van der Waals surface area contributed by atoms with E-state index >= 15 is 0 Å². The summed E-state index contributed by atoms with van der Waals surface area (Å²) in [5, 5.41) is 6.42. The van der Waals surface area contributed by atoms with E-state index in [1.165, 1.54) is 5.56 Å². The van der Waals surface area contributed by atoms with Crippen LogP contribution in [0.2, 0.25) is 0 Å². The van der Waals surface area contributed by atoms with E-state index in [-0.39, 0.29) is 5.75 Å². The predicted molar refractivity (Wildman–Crippen MR) is 94.1 cm³/mol. The Balaban J connectivity index is 1.62. The summed E-state index contributed by atoms with van der Waals surface area (Å²) in [6.45, 7) is 2.52. The molecular formula is C16H26N4O2S. The molecule has 1 aromatic rings. The molecule has 1 fully saturated rings. The number of guanidine groups is 1. The van der Waals surface area contributed by atoms with Gasteiger partial charge in [0.2, 0.25) is 10.0 Å². The molecule has 1 saturated heterocycles. The van der Waals surface area contributed by atoms with Crippen molar-refractivity contribution in [2.45, 2.75) is 19.3 Å². The van der Waals surface area contributed by atoms with Crippen molar-refractivity contribution in [2.75, 3.05) is 39.0 Å². The van der Waals surface area contributed by atoms with Crippen LogP contribution in [0.1, 0.15) is 18.4 Å². The van der Waals surface area contributed by atoms with Gasteiger partial charge in [0.1, 0.15) is 0 Å². The molecule has 0 radical (unpaired) electrons. The molecule has 2 N–H and O–H groups in total. The van der Waals surface area contributed by atoms with Crippen LogP contribution in [-0.2, 0) is 16.4 Å². The van der Waals surface area contributed by atoms with Crippen molar-refractivity contribution in [3.05, 3.63) is 35.9 Å². The van der Waals surface area contributed by atoms with Gasteiger partial charge in [-0.3, -0.25) is 4.99 Å². The minimum Gasteiger partial charge on any atom is -0.356 e. The van der Waals surface area contributed by atoms with Crippen LogP contribution in [0.15, 0.2) is 35.3 Å². The number of nitrogens with one attached hydrogen (secondary N) is 2. The molecule has 1 heterocycles. The third kappa shape index (κ3) is 5.84. The molecule has 1 aromatic carbocycles. The van der Waals surface area contributed by atoms with Crippen molar-refractivity contribution < 1.29 is 8.42 Å². The smallest absolute Gasteiger partial charge is 0.214 e. The molecule has 1 aliphatic rings. The Labute approximate surface area is 139 Å². The summed E-state index contributed by atoms with van der Waals surface area (Å²) < 4.78 is 25.0. The summed E-state index contributed by atoms with van der Waals surface area (Å²) in [6, 6.07) is 10.4. The second-order valence-electron chi connectivity index (χ2n) is 5.58. The lowest BCUT2D eigenvalue weighted by molar-refractivity contribution is 0.445. The lowest BCUT2D eigenvalue weighted by atomic mass is 10.1. The second kappa shape index (κ2) is 8.88. The zero-order valence-corrected chi connectivity index (χ0v) is 14.5. The molecule has 0 aromatic heterocycles. The Morgan fingerprint density at radius 2 is 1.96 bits per heavy atom. The number of hydrogen-bond acceptors (Lipinski definition) is 3. The van der Waals surface area contributed by atoms with Crippen LogP contribution < -0.4 is 10.6 Å². The van der Waals surface area contributed by atoms with Gasteiger partial charge in [-0.1, -0.05) is 30.3 Å². The van der Waals surface area contributed by atoms with Gasteiger partial charge < -0.3 is 10.6 Å². The van der Waals surface area contributed by atoms with E-state index in [9.17, 15) is 8.42 Å². The van der Waals surface area contributed by atoms with Gasteiger partial charge in [0, 0.05) is 33.2 Å². The number of benzene rings is 1.